The van der Waals surface area contributed by atoms with E-state index in [0.717, 1.165) is 25.6 Å². The molecule has 0 radical (unpaired) electrons. The number of nitrogens with one attached hydrogen (secondary N) is 2. The SMILES string of the molecule is CCCCNC(=NCc1ccccc1)NCC(C)C. The zero-order chi connectivity index (χ0) is 13.9. The van der Waals surface area contributed by atoms with Crippen molar-refractivity contribution in [1.29, 1.82) is 0 Å². The summed E-state index contributed by atoms with van der Waals surface area (Å²) >= 11 is 0. The van der Waals surface area contributed by atoms with Gasteiger partial charge in [-0.3, -0.25) is 0 Å². The summed E-state index contributed by atoms with van der Waals surface area (Å²) in [6.07, 6.45) is 2.37. The molecule has 2 N–H and O–H groups in total. The molecule has 19 heavy (non-hydrogen) atoms. The van der Waals surface area contributed by atoms with Crippen molar-refractivity contribution in [3.63, 3.8) is 0 Å². The van der Waals surface area contributed by atoms with Gasteiger partial charge in [-0.05, 0) is 17.9 Å². The van der Waals surface area contributed by atoms with Crippen LogP contribution < -0.4 is 10.6 Å². The van der Waals surface area contributed by atoms with Gasteiger partial charge in [0.1, 0.15) is 0 Å². The highest BCUT2D eigenvalue weighted by atomic mass is 15.2. The number of hydrogen-bond acceptors (Lipinski definition) is 1. The van der Waals surface area contributed by atoms with Crippen molar-refractivity contribution >= 4 is 5.96 Å². The molecule has 0 aliphatic carbocycles. The molecule has 0 aliphatic rings. The summed E-state index contributed by atoms with van der Waals surface area (Å²) in [5.41, 5.74) is 1.24. The summed E-state index contributed by atoms with van der Waals surface area (Å²) in [5.74, 6) is 1.54. The Bertz CT molecular complexity index is 358. The minimum atomic E-state index is 0.620. The number of nitrogens with zero attached hydrogens (tertiary/aromatic N) is 1. The molecule has 1 aromatic carbocycles. The molecule has 0 saturated carbocycles. The molecule has 3 heteroatoms. The lowest BCUT2D eigenvalue weighted by Gasteiger charge is -2.14. The van der Waals surface area contributed by atoms with Gasteiger partial charge in [0.15, 0.2) is 5.96 Å². The van der Waals surface area contributed by atoms with Gasteiger partial charge in [-0.1, -0.05) is 57.5 Å². The summed E-state index contributed by atoms with van der Waals surface area (Å²) in [6.45, 7) is 9.26. The molecule has 0 spiro atoms. The molecule has 1 rings (SSSR count). The molecular weight excluding hydrogens is 234 g/mol. The van der Waals surface area contributed by atoms with E-state index in [4.69, 9.17) is 0 Å². The quantitative estimate of drug-likeness (QED) is 0.449. The Kier molecular flexibility index (Phi) is 7.71. The van der Waals surface area contributed by atoms with Gasteiger partial charge in [-0.2, -0.15) is 0 Å². The minimum absolute atomic E-state index is 0.620. The topological polar surface area (TPSA) is 36.4 Å². The van der Waals surface area contributed by atoms with Gasteiger partial charge >= 0.3 is 0 Å². The van der Waals surface area contributed by atoms with E-state index in [9.17, 15) is 0 Å². The molecule has 3 nitrogen and oxygen atoms in total. The molecule has 0 heterocycles. The predicted octanol–water partition coefficient (Wildman–Crippen LogP) is 3.18. The van der Waals surface area contributed by atoms with Crippen LogP contribution in [0.15, 0.2) is 35.3 Å². The maximum Gasteiger partial charge on any atom is 0.191 e. The molecule has 0 saturated heterocycles. The Morgan fingerprint density at radius 2 is 1.89 bits per heavy atom. The van der Waals surface area contributed by atoms with Crippen LogP contribution in [-0.2, 0) is 6.54 Å². The maximum absolute atomic E-state index is 4.63. The first kappa shape index (κ1) is 15.5. The summed E-state index contributed by atoms with van der Waals surface area (Å²) in [4.78, 5) is 4.63. The van der Waals surface area contributed by atoms with E-state index in [1.807, 2.05) is 6.07 Å². The summed E-state index contributed by atoms with van der Waals surface area (Å²) < 4.78 is 0. The van der Waals surface area contributed by atoms with E-state index < -0.39 is 0 Å². The summed E-state index contributed by atoms with van der Waals surface area (Å²) in [7, 11) is 0. The van der Waals surface area contributed by atoms with Gasteiger partial charge in [0.2, 0.25) is 0 Å². The van der Waals surface area contributed by atoms with E-state index in [0.29, 0.717) is 5.92 Å². The number of aliphatic imine (C=N–C) groups is 1. The fourth-order valence-electron chi connectivity index (χ4n) is 1.61. The molecule has 0 aliphatic heterocycles. The monoisotopic (exact) mass is 261 g/mol. The van der Waals surface area contributed by atoms with Crippen LogP contribution in [0.25, 0.3) is 0 Å². The molecule has 0 bridgehead atoms. The largest absolute Gasteiger partial charge is 0.356 e. The van der Waals surface area contributed by atoms with Crippen molar-refractivity contribution in [3.05, 3.63) is 35.9 Å². The third-order valence-corrected chi connectivity index (χ3v) is 2.76. The van der Waals surface area contributed by atoms with Gasteiger partial charge in [-0.25, -0.2) is 4.99 Å². The van der Waals surface area contributed by atoms with E-state index in [1.165, 1.54) is 18.4 Å². The van der Waals surface area contributed by atoms with Gasteiger partial charge in [0, 0.05) is 13.1 Å². The smallest absolute Gasteiger partial charge is 0.191 e. The number of rotatable bonds is 7. The molecule has 0 unspecified atom stereocenters. The second-order valence-electron chi connectivity index (χ2n) is 5.21. The van der Waals surface area contributed by atoms with Crippen LogP contribution in [-0.4, -0.2) is 19.0 Å². The molecule has 0 amide bonds. The Labute approximate surface area is 117 Å². The molecule has 1 aromatic rings. The number of unbranched alkanes of at least 4 members (excludes halogenated alkanes) is 1. The number of benzene rings is 1. The third-order valence-electron chi connectivity index (χ3n) is 2.76. The highest BCUT2D eigenvalue weighted by molar-refractivity contribution is 5.79. The maximum atomic E-state index is 4.63. The first-order chi connectivity index (χ1) is 9.22. The first-order valence-electron chi connectivity index (χ1n) is 7.28. The second kappa shape index (κ2) is 9.42. The van der Waals surface area contributed by atoms with Crippen molar-refractivity contribution in [2.45, 2.75) is 40.2 Å². The molecule has 0 atom stereocenters. The Morgan fingerprint density at radius 3 is 2.53 bits per heavy atom. The van der Waals surface area contributed by atoms with E-state index in [2.05, 4.69) is 60.7 Å². The van der Waals surface area contributed by atoms with Gasteiger partial charge in [0.25, 0.3) is 0 Å². The first-order valence-corrected chi connectivity index (χ1v) is 7.28. The summed E-state index contributed by atoms with van der Waals surface area (Å²) in [5, 5.41) is 6.77. The van der Waals surface area contributed by atoms with Gasteiger partial charge in [-0.15, -0.1) is 0 Å². The van der Waals surface area contributed by atoms with Crippen LogP contribution in [0.3, 0.4) is 0 Å². The average molecular weight is 261 g/mol. The van der Waals surface area contributed by atoms with Crippen molar-refractivity contribution in [1.82, 2.24) is 10.6 Å². The fraction of sp³-hybridized carbons (Fsp3) is 0.562. The average Bonchev–Trinajstić information content (AvgIpc) is 2.42. The van der Waals surface area contributed by atoms with E-state index in [1.54, 1.807) is 0 Å². The molecule has 0 aromatic heterocycles. The lowest BCUT2D eigenvalue weighted by Crippen LogP contribution is -2.39. The zero-order valence-corrected chi connectivity index (χ0v) is 12.4. The third kappa shape index (κ3) is 7.50. The lowest BCUT2D eigenvalue weighted by molar-refractivity contribution is 0.610. The second-order valence-corrected chi connectivity index (χ2v) is 5.21. The lowest BCUT2D eigenvalue weighted by atomic mass is 10.2. The van der Waals surface area contributed by atoms with Crippen LogP contribution in [0.5, 0.6) is 0 Å². The van der Waals surface area contributed by atoms with Gasteiger partial charge < -0.3 is 10.6 Å². The fourth-order valence-corrected chi connectivity index (χ4v) is 1.61. The predicted molar refractivity (Wildman–Crippen MR) is 83.3 cm³/mol. The van der Waals surface area contributed by atoms with Crippen LogP contribution in [0, 0.1) is 5.92 Å². The Hall–Kier alpha value is -1.51. The number of hydrogen-bond donors (Lipinski definition) is 2. The highest BCUT2D eigenvalue weighted by Crippen LogP contribution is 2.00. The van der Waals surface area contributed by atoms with E-state index >= 15 is 0 Å². The zero-order valence-electron chi connectivity index (χ0n) is 12.4. The van der Waals surface area contributed by atoms with Crippen molar-refractivity contribution in [2.24, 2.45) is 10.9 Å². The van der Waals surface area contributed by atoms with Crippen molar-refractivity contribution in [3.8, 4) is 0 Å². The van der Waals surface area contributed by atoms with Crippen molar-refractivity contribution < 1.29 is 0 Å². The highest BCUT2D eigenvalue weighted by Gasteiger charge is 1.99. The van der Waals surface area contributed by atoms with Crippen LogP contribution in [0.1, 0.15) is 39.2 Å². The van der Waals surface area contributed by atoms with Crippen LogP contribution in [0.2, 0.25) is 0 Å². The molecule has 0 fully saturated rings. The molecule has 106 valence electrons. The Morgan fingerprint density at radius 1 is 1.16 bits per heavy atom. The summed E-state index contributed by atoms with van der Waals surface area (Å²) in [6, 6.07) is 10.4. The minimum Gasteiger partial charge on any atom is -0.356 e. The normalized spacial score (nSPS) is 11.7. The van der Waals surface area contributed by atoms with Crippen molar-refractivity contribution in [2.75, 3.05) is 13.1 Å². The van der Waals surface area contributed by atoms with Crippen LogP contribution in [0.4, 0.5) is 0 Å². The standard InChI is InChI=1S/C16H27N3/c1-4-5-11-17-16(18-12-14(2)3)19-13-15-9-7-6-8-10-15/h6-10,14H,4-5,11-13H2,1-3H3,(H2,17,18,19). The number of guanidine groups is 1. The Balaban J connectivity index is 2.50. The van der Waals surface area contributed by atoms with Gasteiger partial charge in [0.05, 0.1) is 6.54 Å². The van der Waals surface area contributed by atoms with Crippen LogP contribution >= 0.6 is 0 Å². The molecular formula is C16H27N3. The van der Waals surface area contributed by atoms with E-state index in [-0.39, 0.29) is 0 Å².